The molecule has 2 aromatic carbocycles. The molecule has 45 heavy (non-hydrogen) atoms. The van der Waals surface area contributed by atoms with Crippen molar-refractivity contribution < 1.29 is 38.3 Å². The van der Waals surface area contributed by atoms with Gasteiger partial charge >= 0.3 is 12.1 Å². The van der Waals surface area contributed by atoms with E-state index >= 15 is 0 Å². The van der Waals surface area contributed by atoms with Gasteiger partial charge in [0.15, 0.2) is 0 Å². The highest BCUT2D eigenvalue weighted by Crippen LogP contribution is 2.04. The molecule has 11 heteroatoms. The molecule has 2 aromatic rings. The number of aldehydes is 1. The molecule has 0 heterocycles. The van der Waals surface area contributed by atoms with Gasteiger partial charge in [-0.05, 0) is 37.9 Å². The Hall–Kier alpha value is -4.51. The fourth-order valence-electron chi connectivity index (χ4n) is 2.83. The Morgan fingerprint density at radius 2 is 1.38 bits per heavy atom. The van der Waals surface area contributed by atoms with Crippen LogP contribution in [0, 0.1) is 0 Å². The van der Waals surface area contributed by atoms with Crippen molar-refractivity contribution in [3.63, 3.8) is 0 Å². The summed E-state index contributed by atoms with van der Waals surface area (Å²) >= 11 is 0. The molecule has 0 aromatic heterocycles. The summed E-state index contributed by atoms with van der Waals surface area (Å²) in [6.07, 6.45) is 5.44. The highest BCUT2D eigenvalue weighted by atomic mass is 16.7. The number of carbonyl (C=O) groups excluding carboxylic acids is 5. The van der Waals surface area contributed by atoms with Gasteiger partial charge in [0.1, 0.15) is 19.5 Å². The van der Waals surface area contributed by atoms with E-state index in [1.54, 1.807) is 6.08 Å². The van der Waals surface area contributed by atoms with Gasteiger partial charge in [-0.2, -0.15) is 5.06 Å². The largest absolute Gasteiger partial charge is 0.463 e. The molecule has 2 amide bonds. The number of rotatable bonds is 14. The molecule has 3 N–H and O–H groups in total. The van der Waals surface area contributed by atoms with E-state index in [1.165, 1.54) is 20.5 Å². The average Bonchev–Trinajstić information content (AvgIpc) is 3.06. The third-order valence-electron chi connectivity index (χ3n) is 4.77. The Morgan fingerprint density at radius 3 is 1.87 bits per heavy atom. The van der Waals surface area contributed by atoms with E-state index in [0.29, 0.717) is 38.8 Å². The van der Waals surface area contributed by atoms with Crippen molar-refractivity contribution in [3.8, 4) is 0 Å². The van der Waals surface area contributed by atoms with Crippen LogP contribution in [0.5, 0.6) is 0 Å². The number of nitrogens with one attached hydrogen (secondary N) is 1. The lowest BCUT2D eigenvalue weighted by molar-refractivity contribution is -0.192. The lowest BCUT2D eigenvalue weighted by atomic mass is 10.2. The first-order valence-electron chi connectivity index (χ1n) is 14.9. The third kappa shape index (κ3) is 32.2. The summed E-state index contributed by atoms with van der Waals surface area (Å²) in [5, 5.41) is 3.51. The summed E-state index contributed by atoms with van der Waals surface area (Å²) in [5.74, 6) is -0.930. The van der Waals surface area contributed by atoms with Gasteiger partial charge in [0.2, 0.25) is 0 Å². The van der Waals surface area contributed by atoms with Crippen molar-refractivity contribution in [3.05, 3.63) is 84.4 Å². The maximum Gasteiger partial charge on any atom is 0.407 e. The van der Waals surface area contributed by atoms with E-state index in [2.05, 4.69) is 36.2 Å². The zero-order valence-electron chi connectivity index (χ0n) is 27.6. The Morgan fingerprint density at radius 1 is 0.867 bits per heavy atom. The molecule has 0 atom stereocenters. The van der Waals surface area contributed by atoms with E-state index in [-0.39, 0.29) is 25.9 Å². The van der Waals surface area contributed by atoms with Crippen molar-refractivity contribution >= 4 is 30.7 Å². The SMILES string of the molecule is C=CC.CCC.CN.CN(OC(=O)CCCCCNC(=O)OCc1ccccc1)C(=O)CCC=O.O=COCc1ccccc1. The van der Waals surface area contributed by atoms with Crippen LogP contribution in [0.1, 0.15) is 76.8 Å². The molecule has 0 aliphatic heterocycles. The maximum absolute atomic E-state index is 11.6. The van der Waals surface area contributed by atoms with Crippen molar-refractivity contribution in [1.82, 2.24) is 10.4 Å². The predicted octanol–water partition coefficient (Wildman–Crippen LogP) is 5.91. The first-order chi connectivity index (χ1) is 21.8. The topological polar surface area (TPSA) is 154 Å². The van der Waals surface area contributed by atoms with Gasteiger partial charge in [-0.3, -0.25) is 9.59 Å². The number of ether oxygens (including phenoxy) is 2. The minimum atomic E-state index is -0.507. The zero-order chi connectivity index (χ0) is 34.6. The summed E-state index contributed by atoms with van der Waals surface area (Å²) in [5.41, 5.74) is 6.43. The molecule has 0 aliphatic rings. The van der Waals surface area contributed by atoms with E-state index in [1.807, 2.05) is 67.6 Å². The monoisotopic (exact) mass is 631 g/mol. The molecule has 0 unspecified atom stereocenters. The Kier molecular flexibility index (Phi) is 35.6. The Bertz CT molecular complexity index is 1010. The molecule has 2 rings (SSSR count). The van der Waals surface area contributed by atoms with Crippen LogP contribution >= 0.6 is 0 Å². The van der Waals surface area contributed by atoms with Gasteiger partial charge < -0.3 is 30.2 Å². The number of nitrogens with zero attached hydrogens (tertiary/aromatic N) is 1. The van der Waals surface area contributed by atoms with Gasteiger partial charge in [0.25, 0.3) is 12.4 Å². The van der Waals surface area contributed by atoms with Crippen LogP contribution in [0.2, 0.25) is 0 Å². The molecule has 252 valence electrons. The number of alkyl carbamates (subject to hydrolysis) is 1. The normalized spacial score (nSPS) is 8.76. The standard InChI is InChI=1S/C19H26N2O6.C8H8O2.C3H8.C3H6.CH5N/c1-21(17(23)11-8-14-22)27-18(24)12-6-3-7-13-20-19(25)26-15-16-9-4-2-5-10-16;9-7-10-6-8-4-2-1-3-5-8;2*1-3-2;1-2/h2,4-5,9-10,14H,3,6-8,11-13,15H2,1H3,(H,20,25);1-5,7H,6H2;3H2,1-2H3;3H,1H2,2H3;2H2,1H3. The number of hydrogen-bond donors (Lipinski definition) is 2. The highest BCUT2D eigenvalue weighted by molar-refractivity contribution is 5.79. The Balaban J connectivity index is -0.000000800. The van der Waals surface area contributed by atoms with Gasteiger partial charge in [-0.15, -0.1) is 6.58 Å². The zero-order valence-corrected chi connectivity index (χ0v) is 27.6. The predicted molar refractivity (Wildman–Crippen MR) is 177 cm³/mol. The number of nitrogens with two attached hydrogens (primary N) is 1. The molecule has 11 nitrogen and oxygen atoms in total. The summed E-state index contributed by atoms with van der Waals surface area (Å²) in [6.45, 7) is 11.0. The van der Waals surface area contributed by atoms with Crippen LogP contribution in [0.25, 0.3) is 0 Å². The van der Waals surface area contributed by atoms with Crippen LogP contribution < -0.4 is 11.1 Å². The maximum atomic E-state index is 11.6. The van der Waals surface area contributed by atoms with Crippen molar-refractivity contribution in [1.29, 1.82) is 0 Å². The van der Waals surface area contributed by atoms with Crippen LogP contribution in [0.3, 0.4) is 0 Å². The third-order valence-corrected chi connectivity index (χ3v) is 4.77. The smallest absolute Gasteiger partial charge is 0.407 e. The summed E-state index contributed by atoms with van der Waals surface area (Å²) in [4.78, 5) is 59.5. The van der Waals surface area contributed by atoms with Crippen LogP contribution in [0.15, 0.2) is 73.3 Å². The molecule has 0 saturated heterocycles. The minimum absolute atomic E-state index is 0.0132. The number of benzene rings is 2. The molecule has 0 fully saturated rings. The lowest BCUT2D eigenvalue weighted by Crippen LogP contribution is -2.29. The summed E-state index contributed by atoms with van der Waals surface area (Å²) in [6, 6.07) is 18.9. The van der Waals surface area contributed by atoms with Crippen LogP contribution in [-0.4, -0.2) is 56.4 Å². The number of hydroxylamine groups is 2. The quantitative estimate of drug-likeness (QED) is 0.112. The van der Waals surface area contributed by atoms with Gasteiger partial charge in [-0.25, -0.2) is 9.59 Å². The first-order valence-corrected chi connectivity index (χ1v) is 14.9. The van der Waals surface area contributed by atoms with E-state index < -0.39 is 18.0 Å². The highest BCUT2D eigenvalue weighted by Gasteiger charge is 2.13. The van der Waals surface area contributed by atoms with Gasteiger partial charge in [0, 0.05) is 32.9 Å². The van der Waals surface area contributed by atoms with Gasteiger partial charge in [-0.1, -0.05) is 93.4 Å². The second-order valence-electron chi connectivity index (χ2n) is 8.87. The van der Waals surface area contributed by atoms with E-state index in [9.17, 15) is 24.0 Å². The van der Waals surface area contributed by atoms with Crippen molar-refractivity contribution in [2.24, 2.45) is 5.73 Å². The average molecular weight is 632 g/mol. The number of unbranched alkanes of at least 4 members (excludes halogenated alkanes) is 2. The van der Waals surface area contributed by atoms with E-state index in [0.717, 1.165) is 22.6 Å². The summed E-state index contributed by atoms with van der Waals surface area (Å²) in [7, 11) is 2.84. The summed E-state index contributed by atoms with van der Waals surface area (Å²) < 4.78 is 9.62. The molecule has 0 spiro atoms. The van der Waals surface area contributed by atoms with Crippen molar-refractivity contribution in [2.75, 3.05) is 20.6 Å². The number of carbonyl (C=O) groups is 5. The second kappa shape index (κ2) is 35.7. The number of hydrogen-bond acceptors (Lipinski definition) is 9. The molecule has 0 aliphatic carbocycles. The minimum Gasteiger partial charge on any atom is -0.463 e. The fraction of sp³-hybridized carbons (Fsp3) is 0.441. The van der Waals surface area contributed by atoms with Crippen LogP contribution in [-0.2, 0) is 46.7 Å². The molecule has 0 radical (unpaired) electrons. The van der Waals surface area contributed by atoms with E-state index in [4.69, 9.17) is 9.57 Å². The lowest BCUT2D eigenvalue weighted by Gasteiger charge is -2.15. The van der Waals surface area contributed by atoms with Crippen molar-refractivity contribution in [2.45, 2.75) is 78.9 Å². The molecule has 0 bridgehead atoms. The number of amides is 2. The van der Waals surface area contributed by atoms with Crippen LogP contribution in [0.4, 0.5) is 4.79 Å². The first kappa shape index (κ1) is 44.9. The Labute approximate surface area is 269 Å². The van der Waals surface area contributed by atoms with Gasteiger partial charge in [0.05, 0.1) is 0 Å². The molecular formula is C34H53N3O8. The fourth-order valence-corrected chi connectivity index (χ4v) is 2.83. The molecule has 0 saturated carbocycles. The molecular weight excluding hydrogens is 578 g/mol. The second-order valence-corrected chi connectivity index (χ2v) is 8.87. The number of allylic oxidation sites excluding steroid dienone is 1.